The Labute approximate surface area is 101 Å². The lowest BCUT2D eigenvalue weighted by Gasteiger charge is -2.04. The minimum absolute atomic E-state index is 0.232. The molecule has 17 heavy (non-hydrogen) atoms. The van der Waals surface area contributed by atoms with E-state index in [2.05, 4.69) is 11.8 Å². The van der Waals surface area contributed by atoms with E-state index in [0.717, 1.165) is 12.8 Å². The third kappa shape index (κ3) is 4.97. The Kier molecular flexibility index (Phi) is 6.29. The number of carbonyl (C=O) groups excluding carboxylic acids is 1. The Morgan fingerprint density at radius 1 is 1.18 bits per heavy atom. The highest BCUT2D eigenvalue weighted by Gasteiger charge is 2.07. The molecule has 0 saturated heterocycles. The van der Waals surface area contributed by atoms with E-state index in [9.17, 15) is 4.79 Å². The summed E-state index contributed by atoms with van der Waals surface area (Å²) in [6.45, 7) is 2.74. The fraction of sp³-hybridized carbons (Fsp3) is 0.462. The number of methoxy groups -OCH3 is 1. The van der Waals surface area contributed by atoms with E-state index >= 15 is 0 Å². The van der Waals surface area contributed by atoms with E-state index in [1.165, 1.54) is 5.56 Å². The molecular formula is C13H18O4. The summed E-state index contributed by atoms with van der Waals surface area (Å²) in [6, 6.07) is 7.34. The molecule has 94 valence electrons. The molecule has 0 fully saturated rings. The zero-order valence-corrected chi connectivity index (χ0v) is 10.3. The zero-order valence-electron chi connectivity index (χ0n) is 10.3. The van der Waals surface area contributed by atoms with Crippen molar-refractivity contribution in [2.75, 3.05) is 20.3 Å². The van der Waals surface area contributed by atoms with Crippen LogP contribution in [0.2, 0.25) is 0 Å². The summed E-state index contributed by atoms with van der Waals surface area (Å²) in [7, 11) is 1.55. The van der Waals surface area contributed by atoms with Crippen molar-refractivity contribution in [3.8, 4) is 0 Å². The molecular weight excluding hydrogens is 220 g/mol. The molecule has 0 heterocycles. The molecule has 0 saturated carbocycles. The van der Waals surface area contributed by atoms with Crippen LogP contribution in [0.4, 0.5) is 0 Å². The average Bonchev–Trinajstić information content (AvgIpc) is 2.36. The molecule has 4 nitrogen and oxygen atoms in total. The maximum absolute atomic E-state index is 11.5. The standard InChI is InChI=1S/C13H18O4/c1-3-4-11-5-7-12(8-6-11)13(14)17-16-10-9-15-2/h5-8H,3-4,9-10H2,1-2H3. The Balaban J connectivity index is 2.40. The molecule has 0 bridgehead atoms. The Morgan fingerprint density at radius 2 is 1.88 bits per heavy atom. The predicted octanol–water partition coefficient (Wildman–Crippen LogP) is 2.37. The van der Waals surface area contributed by atoms with Gasteiger partial charge in [0, 0.05) is 7.11 Å². The van der Waals surface area contributed by atoms with Crippen molar-refractivity contribution in [2.45, 2.75) is 19.8 Å². The summed E-state index contributed by atoms with van der Waals surface area (Å²) in [5, 5.41) is 0. The molecule has 0 radical (unpaired) electrons. The molecule has 0 unspecified atom stereocenters. The first-order valence-corrected chi connectivity index (χ1v) is 5.69. The van der Waals surface area contributed by atoms with Crippen LogP contribution in [-0.2, 0) is 20.9 Å². The Morgan fingerprint density at radius 3 is 2.47 bits per heavy atom. The van der Waals surface area contributed by atoms with Crippen LogP contribution in [-0.4, -0.2) is 26.3 Å². The average molecular weight is 238 g/mol. The smallest absolute Gasteiger partial charge is 0.373 e. The Hall–Kier alpha value is -1.39. The third-order valence-corrected chi connectivity index (χ3v) is 2.23. The van der Waals surface area contributed by atoms with Crippen molar-refractivity contribution in [2.24, 2.45) is 0 Å². The molecule has 0 atom stereocenters. The molecule has 1 rings (SSSR count). The molecule has 0 aromatic heterocycles. The normalized spacial score (nSPS) is 10.2. The van der Waals surface area contributed by atoms with Crippen molar-refractivity contribution < 1.29 is 19.3 Å². The summed E-state index contributed by atoms with van der Waals surface area (Å²) in [5.74, 6) is -0.482. The van der Waals surface area contributed by atoms with Gasteiger partial charge in [0.15, 0.2) is 0 Å². The van der Waals surface area contributed by atoms with Crippen LogP contribution >= 0.6 is 0 Å². The van der Waals surface area contributed by atoms with Crippen molar-refractivity contribution in [3.63, 3.8) is 0 Å². The van der Waals surface area contributed by atoms with Gasteiger partial charge in [-0.1, -0.05) is 25.5 Å². The minimum atomic E-state index is -0.482. The van der Waals surface area contributed by atoms with E-state index in [-0.39, 0.29) is 6.61 Å². The highest BCUT2D eigenvalue weighted by atomic mass is 17.2. The second-order valence-corrected chi connectivity index (χ2v) is 3.63. The van der Waals surface area contributed by atoms with Crippen LogP contribution in [0.25, 0.3) is 0 Å². The first-order valence-electron chi connectivity index (χ1n) is 5.69. The molecule has 1 aromatic carbocycles. The molecule has 1 aromatic rings. The van der Waals surface area contributed by atoms with E-state index in [1.54, 1.807) is 19.2 Å². The largest absolute Gasteiger partial charge is 0.382 e. The number of benzene rings is 1. The quantitative estimate of drug-likeness (QED) is 0.415. The fourth-order valence-corrected chi connectivity index (χ4v) is 1.36. The van der Waals surface area contributed by atoms with Crippen LogP contribution < -0.4 is 0 Å². The summed E-state index contributed by atoms with van der Waals surface area (Å²) >= 11 is 0. The van der Waals surface area contributed by atoms with Crippen molar-refractivity contribution >= 4 is 5.97 Å². The SMILES string of the molecule is CCCc1ccc(C(=O)OOCCOC)cc1. The monoisotopic (exact) mass is 238 g/mol. The summed E-state index contributed by atoms with van der Waals surface area (Å²) in [6.07, 6.45) is 2.10. The van der Waals surface area contributed by atoms with Crippen LogP contribution in [0.1, 0.15) is 29.3 Å². The molecule has 0 spiro atoms. The van der Waals surface area contributed by atoms with E-state index in [4.69, 9.17) is 9.62 Å². The van der Waals surface area contributed by atoms with E-state index < -0.39 is 5.97 Å². The minimum Gasteiger partial charge on any atom is -0.382 e. The van der Waals surface area contributed by atoms with Crippen molar-refractivity contribution in [3.05, 3.63) is 35.4 Å². The molecule has 0 N–H and O–H groups in total. The highest BCUT2D eigenvalue weighted by Crippen LogP contribution is 2.08. The predicted molar refractivity (Wildman–Crippen MR) is 63.7 cm³/mol. The number of hydrogen-bond acceptors (Lipinski definition) is 4. The van der Waals surface area contributed by atoms with E-state index in [0.29, 0.717) is 12.2 Å². The molecule has 0 aliphatic heterocycles. The second kappa shape index (κ2) is 7.81. The fourth-order valence-electron chi connectivity index (χ4n) is 1.36. The first-order chi connectivity index (χ1) is 8.27. The van der Waals surface area contributed by atoms with Gasteiger partial charge in [-0.3, -0.25) is 4.89 Å². The first kappa shape index (κ1) is 13.7. The zero-order chi connectivity index (χ0) is 12.5. The van der Waals surface area contributed by atoms with Gasteiger partial charge in [-0.15, -0.1) is 0 Å². The maximum Gasteiger partial charge on any atom is 0.373 e. The van der Waals surface area contributed by atoms with Crippen LogP contribution in [0.15, 0.2) is 24.3 Å². The lowest BCUT2D eigenvalue weighted by Crippen LogP contribution is -2.09. The molecule has 0 aliphatic rings. The van der Waals surface area contributed by atoms with E-state index in [1.807, 2.05) is 12.1 Å². The van der Waals surface area contributed by atoms with Gasteiger partial charge >= 0.3 is 5.97 Å². The van der Waals surface area contributed by atoms with Gasteiger partial charge in [0.1, 0.15) is 6.61 Å². The molecule has 4 heteroatoms. The van der Waals surface area contributed by atoms with Gasteiger partial charge in [0.2, 0.25) is 0 Å². The summed E-state index contributed by atoms with van der Waals surface area (Å²) in [5.41, 5.74) is 1.70. The number of ether oxygens (including phenoxy) is 1. The second-order valence-electron chi connectivity index (χ2n) is 3.63. The van der Waals surface area contributed by atoms with Gasteiger partial charge < -0.3 is 4.74 Å². The van der Waals surface area contributed by atoms with Gasteiger partial charge in [-0.2, -0.15) is 4.89 Å². The summed E-state index contributed by atoms with van der Waals surface area (Å²) < 4.78 is 4.76. The number of hydrogen-bond donors (Lipinski definition) is 0. The van der Waals surface area contributed by atoms with Crippen LogP contribution in [0.3, 0.4) is 0 Å². The lowest BCUT2D eigenvalue weighted by atomic mass is 10.1. The van der Waals surface area contributed by atoms with Crippen molar-refractivity contribution in [1.29, 1.82) is 0 Å². The van der Waals surface area contributed by atoms with Gasteiger partial charge in [-0.25, -0.2) is 4.79 Å². The van der Waals surface area contributed by atoms with Gasteiger partial charge in [0.25, 0.3) is 0 Å². The molecule has 0 amide bonds. The Bertz CT molecular complexity index is 332. The van der Waals surface area contributed by atoms with Crippen LogP contribution in [0, 0.1) is 0 Å². The maximum atomic E-state index is 11.5. The third-order valence-electron chi connectivity index (χ3n) is 2.23. The number of carbonyl (C=O) groups is 1. The van der Waals surface area contributed by atoms with Crippen LogP contribution in [0.5, 0.6) is 0 Å². The van der Waals surface area contributed by atoms with Gasteiger partial charge in [0.05, 0.1) is 12.2 Å². The lowest BCUT2D eigenvalue weighted by molar-refractivity contribution is -0.246. The topological polar surface area (TPSA) is 44.8 Å². The number of aryl methyl sites for hydroxylation is 1. The summed E-state index contributed by atoms with van der Waals surface area (Å²) in [4.78, 5) is 20.8. The molecule has 0 aliphatic carbocycles. The van der Waals surface area contributed by atoms with Gasteiger partial charge in [-0.05, 0) is 24.1 Å². The highest BCUT2D eigenvalue weighted by molar-refractivity contribution is 5.88. The number of rotatable bonds is 7. The van der Waals surface area contributed by atoms with Crippen molar-refractivity contribution in [1.82, 2.24) is 0 Å².